The van der Waals surface area contributed by atoms with E-state index in [1.807, 2.05) is 0 Å². The van der Waals surface area contributed by atoms with Crippen molar-refractivity contribution >= 4 is 34.8 Å². The molecular weight excluding hydrogens is 275 g/mol. The van der Waals surface area contributed by atoms with Crippen LogP contribution in [-0.4, -0.2) is 12.5 Å². The molecule has 0 aliphatic rings. The minimum Gasteiger partial charge on any atom is -0.399 e. The van der Waals surface area contributed by atoms with Crippen LogP contribution in [0.15, 0.2) is 30.1 Å². The normalized spacial score (nSPS) is 11.2. The first-order chi connectivity index (χ1) is 8.40. The number of halogens is 2. The molecule has 0 atom stereocenters. The monoisotopic (exact) mass is 288 g/mol. The van der Waals surface area contributed by atoms with Crippen LogP contribution in [0.5, 0.6) is 0 Å². The van der Waals surface area contributed by atoms with Gasteiger partial charge in [0.25, 0.3) is 0 Å². The van der Waals surface area contributed by atoms with Crippen LogP contribution in [0, 0.1) is 0 Å². The molecule has 0 heterocycles. The van der Waals surface area contributed by atoms with E-state index in [-0.39, 0.29) is 12.5 Å². The van der Waals surface area contributed by atoms with E-state index in [9.17, 15) is 4.79 Å². The number of benzene rings is 1. The third kappa shape index (κ3) is 4.44. The standard InChI is InChI=1S/C11H14Cl2N4O/c1-7(18)16-5-8(14)6-17(15)9-2-3-10(12)11(13)4-9/h2-4,6H,5,14-15H2,1H3,(H,16,18)/b8-6-. The Balaban J connectivity index is 2.74. The molecule has 18 heavy (non-hydrogen) atoms. The van der Waals surface area contributed by atoms with Crippen LogP contribution in [0.4, 0.5) is 5.69 Å². The predicted octanol–water partition coefficient (Wildman–Crippen LogP) is 1.61. The van der Waals surface area contributed by atoms with Crippen molar-refractivity contribution < 1.29 is 4.79 Å². The molecule has 98 valence electrons. The molecule has 1 aromatic carbocycles. The molecule has 0 radical (unpaired) electrons. The van der Waals surface area contributed by atoms with Crippen LogP contribution in [0.2, 0.25) is 10.0 Å². The van der Waals surface area contributed by atoms with Gasteiger partial charge in [0.2, 0.25) is 5.91 Å². The molecule has 5 nitrogen and oxygen atoms in total. The van der Waals surface area contributed by atoms with Gasteiger partial charge in [0.15, 0.2) is 0 Å². The van der Waals surface area contributed by atoms with Crippen LogP contribution in [0.25, 0.3) is 0 Å². The highest BCUT2D eigenvalue weighted by atomic mass is 35.5. The molecule has 7 heteroatoms. The second-order valence-electron chi connectivity index (χ2n) is 3.62. The van der Waals surface area contributed by atoms with Crippen molar-refractivity contribution in [1.29, 1.82) is 0 Å². The Bertz CT molecular complexity index is 476. The average Bonchev–Trinajstić information content (AvgIpc) is 2.30. The highest BCUT2D eigenvalue weighted by Gasteiger charge is 2.04. The maximum atomic E-state index is 10.7. The molecule has 0 spiro atoms. The zero-order chi connectivity index (χ0) is 13.7. The summed E-state index contributed by atoms with van der Waals surface area (Å²) in [7, 11) is 0. The first kappa shape index (κ1) is 14.6. The topological polar surface area (TPSA) is 84.4 Å². The summed E-state index contributed by atoms with van der Waals surface area (Å²) in [5.74, 6) is 5.62. The van der Waals surface area contributed by atoms with E-state index in [1.165, 1.54) is 18.1 Å². The maximum Gasteiger partial charge on any atom is 0.217 e. The first-order valence-electron chi connectivity index (χ1n) is 5.09. The Morgan fingerprint density at radius 3 is 2.67 bits per heavy atom. The number of nitrogens with two attached hydrogens (primary N) is 2. The quantitative estimate of drug-likeness (QED) is 0.581. The van der Waals surface area contributed by atoms with E-state index in [4.69, 9.17) is 34.8 Å². The van der Waals surface area contributed by atoms with Gasteiger partial charge >= 0.3 is 0 Å². The highest BCUT2D eigenvalue weighted by molar-refractivity contribution is 6.42. The molecule has 5 N–H and O–H groups in total. The Morgan fingerprint density at radius 2 is 2.11 bits per heavy atom. The number of carbonyl (C=O) groups excluding carboxylic acids is 1. The van der Waals surface area contributed by atoms with Gasteiger partial charge in [-0.25, -0.2) is 5.84 Å². The fourth-order valence-electron chi connectivity index (χ4n) is 1.17. The van der Waals surface area contributed by atoms with E-state index in [0.717, 1.165) is 0 Å². The van der Waals surface area contributed by atoms with Crippen LogP contribution >= 0.6 is 23.2 Å². The molecule has 1 aromatic rings. The lowest BCUT2D eigenvalue weighted by Crippen LogP contribution is -2.30. The summed E-state index contributed by atoms with van der Waals surface area (Å²) in [5.41, 5.74) is 6.74. The molecule has 1 amide bonds. The molecular formula is C11H14Cl2N4O. The van der Waals surface area contributed by atoms with E-state index in [1.54, 1.807) is 18.2 Å². The Labute approximate surface area is 115 Å². The van der Waals surface area contributed by atoms with E-state index in [0.29, 0.717) is 21.4 Å². The summed E-state index contributed by atoms with van der Waals surface area (Å²) in [6, 6.07) is 4.96. The number of nitrogens with zero attached hydrogens (tertiary/aromatic N) is 1. The number of nitrogens with one attached hydrogen (secondary N) is 1. The molecule has 0 aliphatic heterocycles. The van der Waals surface area contributed by atoms with Crippen molar-refractivity contribution in [2.45, 2.75) is 6.92 Å². The summed E-state index contributed by atoms with van der Waals surface area (Å²) in [6.45, 7) is 1.64. The fraction of sp³-hybridized carbons (Fsp3) is 0.182. The van der Waals surface area contributed by atoms with Gasteiger partial charge in [-0.1, -0.05) is 23.2 Å². The van der Waals surface area contributed by atoms with Gasteiger partial charge in [0, 0.05) is 18.8 Å². The van der Waals surface area contributed by atoms with Gasteiger partial charge < -0.3 is 11.1 Å². The Hall–Kier alpha value is -1.43. The van der Waals surface area contributed by atoms with Gasteiger partial charge in [-0.2, -0.15) is 0 Å². The number of hydrogen-bond acceptors (Lipinski definition) is 4. The summed E-state index contributed by atoms with van der Waals surface area (Å²) in [4.78, 5) is 10.7. The third-order valence-corrected chi connectivity index (χ3v) is 2.79. The van der Waals surface area contributed by atoms with Crippen LogP contribution in [0.3, 0.4) is 0 Å². The number of rotatable bonds is 4. The first-order valence-corrected chi connectivity index (χ1v) is 5.85. The summed E-state index contributed by atoms with van der Waals surface area (Å²) >= 11 is 11.7. The van der Waals surface area contributed by atoms with Gasteiger partial charge in [-0.3, -0.25) is 9.80 Å². The minimum atomic E-state index is -0.163. The van der Waals surface area contributed by atoms with Gasteiger partial charge in [0.1, 0.15) is 0 Å². The Kier molecular flexibility index (Phi) is 5.27. The number of hydrogen-bond donors (Lipinski definition) is 3. The zero-order valence-electron chi connectivity index (χ0n) is 9.78. The van der Waals surface area contributed by atoms with Crippen LogP contribution < -0.4 is 21.9 Å². The van der Waals surface area contributed by atoms with E-state index >= 15 is 0 Å². The second-order valence-corrected chi connectivity index (χ2v) is 4.43. The van der Waals surface area contributed by atoms with Crippen LogP contribution in [0.1, 0.15) is 6.92 Å². The smallest absolute Gasteiger partial charge is 0.217 e. The fourth-order valence-corrected chi connectivity index (χ4v) is 1.46. The lowest BCUT2D eigenvalue weighted by atomic mass is 10.3. The minimum absolute atomic E-state index is 0.163. The largest absolute Gasteiger partial charge is 0.399 e. The van der Waals surface area contributed by atoms with Crippen molar-refractivity contribution in [2.75, 3.05) is 11.6 Å². The zero-order valence-corrected chi connectivity index (χ0v) is 11.3. The maximum absolute atomic E-state index is 10.7. The van der Waals surface area contributed by atoms with E-state index < -0.39 is 0 Å². The third-order valence-electron chi connectivity index (χ3n) is 2.05. The molecule has 0 aromatic heterocycles. The van der Waals surface area contributed by atoms with Gasteiger partial charge in [-0.15, -0.1) is 0 Å². The second kappa shape index (κ2) is 6.49. The van der Waals surface area contributed by atoms with Gasteiger partial charge in [-0.05, 0) is 18.2 Å². The molecule has 0 fully saturated rings. The molecule has 0 saturated heterocycles. The predicted molar refractivity (Wildman–Crippen MR) is 74.1 cm³/mol. The van der Waals surface area contributed by atoms with Crippen molar-refractivity contribution in [3.8, 4) is 0 Å². The SMILES string of the molecule is CC(=O)NC/C(N)=C/N(N)c1ccc(Cl)c(Cl)c1. The van der Waals surface area contributed by atoms with Crippen molar-refractivity contribution in [3.05, 3.63) is 40.1 Å². The molecule has 1 rings (SSSR count). The molecule has 0 saturated carbocycles. The number of carbonyl (C=O) groups is 1. The Morgan fingerprint density at radius 1 is 1.44 bits per heavy atom. The average molecular weight is 289 g/mol. The lowest BCUT2D eigenvalue weighted by molar-refractivity contribution is -0.118. The lowest BCUT2D eigenvalue weighted by Gasteiger charge is -2.15. The van der Waals surface area contributed by atoms with Crippen molar-refractivity contribution in [1.82, 2.24) is 5.32 Å². The van der Waals surface area contributed by atoms with Crippen molar-refractivity contribution in [2.24, 2.45) is 11.6 Å². The number of amides is 1. The highest BCUT2D eigenvalue weighted by Crippen LogP contribution is 2.26. The molecule has 0 aliphatic carbocycles. The molecule has 0 unspecified atom stereocenters. The van der Waals surface area contributed by atoms with E-state index in [2.05, 4.69) is 5.32 Å². The summed E-state index contributed by atoms with van der Waals surface area (Å²) < 4.78 is 0. The summed E-state index contributed by atoms with van der Waals surface area (Å²) in [6.07, 6.45) is 1.50. The van der Waals surface area contributed by atoms with Gasteiger partial charge in [0.05, 0.1) is 22.3 Å². The molecule has 0 bridgehead atoms. The number of anilines is 1. The van der Waals surface area contributed by atoms with Crippen molar-refractivity contribution in [3.63, 3.8) is 0 Å². The summed E-state index contributed by atoms with van der Waals surface area (Å²) in [5, 5.41) is 4.72. The van der Waals surface area contributed by atoms with Crippen LogP contribution in [-0.2, 0) is 4.79 Å². The number of hydrazine groups is 1.